The Bertz CT molecular complexity index is 2000. The number of hydrogen-bond acceptors (Lipinski definition) is 17. The van der Waals surface area contributed by atoms with Gasteiger partial charge in [0.15, 0.2) is 5.96 Å². The smallest absolute Gasteiger partial charge is 0.326 e. The molecule has 32 nitrogen and oxygen atoms in total. The minimum Gasteiger partial charge on any atom is -0.480 e. The van der Waals surface area contributed by atoms with Gasteiger partial charge in [-0.25, -0.2) is 9.78 Å². The number of aromatic nitrogens is 2. The van der Waals surface area contributed by atoms with Crippen LogP contribution in [0.5, 0.6) is 0 Å². The van der Waals surface area contributed by atoms with Crippen LogP contribution in [-0.2, 0) is 64.0 Å². The lowest BCUT2D eigenvalue weighted by Crippen LogP contribution is -2.58. The van der Waals surface area contributed by atoms with E-state index < -0.39 is 153 Å². The second kappa shape index (κ2) is 32.7. The number of hydrogen-bond donors (Lipinski definition) is 18. The molecule has 24 N–H and O–H groups in total. The first-order chi connectivity index (χ1) is 33.1. The predicted molar refractivity (Wildman–Crippen MR) is 242 cm³/mol. The van der Waals surface area contributed by atoms with Crippen molar-refractivity contribution in [1.82, 2.24) is 57.8 Å². The number of nitrogens with one attached hydrogen (secondary N) is 10. The van der Waals surface area contributed by atoms with Gasteiger partial charge in [-0.1, -0.05) is 0 Å². The molecule has 0 unspecified atom stereocenters. The van der Waals surface area contributed by atoms with E-state index in [2.05, 4.69) is 52.2 Å². The molecule has 0 spiro atoms. The van der Waals surface area contributed by atoms with E-state index in [0.29, 0.717) is 25.1 Å². The first-order valence-corrected chi connectivity index (χ1v) is 21.5. The zero-order valence-corrected chi connectivity index (χ0v) is 38.1. The van der Waals surface area contributed by atoms with Crippen molar-refractivity contribution in [2.75, 3.05) is 45.9 Å². The highest BCUT2D eigenvalue weighted by Crippen LogP contribution is 2.07. The van der Waals surface area contributed by atoms with Crippen LogP contribution in [0.25, 0.3) is 0 Å². The highest BCUT2D eigenvalue weighted by Gasteiger charge is 2.31. The van der Waals surface area contributed by atoms with Crippen molar-refractivity contribution in [2.45, 2.75) is 94.0 Å². The van der Waals surface area contributed by atoms with Gasteiger partial charge in [0.2, 0.25) is 65.0 Å². The van der Waals surface area contributed by atoms with Crippen LogP contribution in [0.3, 0.4) is 0 Å². The van der Waals surface area contributed by atoms with E-state index >= 15 is 0 Å². The number of carboxylic acid groups (broad SMARTS) is 1. The van der Waals surface area contributed by atoms with Crippen LogP contribution in [-0.4, -0.2) is 179 Å². The first kappa shape index (κ1) is 60.0. The summed E-state index contributed by atoms with van der Waals surface area (Å²) in [4.78, 5) is 161. The van der Waals surface area contributed by atoms with Crippen LogP contribution >= 0.6 is 0 Å². The van der Waals surface area contributed by atoms with Gasteiger partial charge in [-0.2, -0.15) is 0 Å². The number of nitrogens with zero attached hydrogens (tertiary/aromatic N) is 2. The number of unbranched alkanes of at least 4 members (excludes halogenated alkanes) is 1. The van der Waals surface area contributed by atoms with Crippen LogP contribution in [0.4, 0.5) is 0 Å². The van der Waals surface area contributed by atoms with Crippen LogP contribution in [0.15, 0.2) is 17.5 Å². The van der Waals surface area contributed by atoms with Gasteiger partial charge in [0.1, 0.15) is 36.3 Å². The molecule has 0 aromatic carbocycles. The number of carbonyl (C=O) groups excluding carboxylic acids is 11. The number of imidazole rings is 1. The molecule has 390 valence electrons. The molecule has 0 saturated heterocycles. The summed E-state index contributed by atoms with van der Waals surface area (Å²) in [5.74, 6) is -12.2. The molecule has 0 saturated carbocycles. The lowest BCUT2D eigenvalue weighted by molar-refractivity contribution is -0.144. The molecule has 0 aliphatic rings. The van der Waals surface area contributed by atoms with E-state index in [1.165, 1.54) is 12.5 Å². The van der Waals surface area contributed by atoms with Gasteiger partial charge in [0.25, 0.3) is 0 Å². The van der Waals surface area contributed by atoms with Gasteiger partial charge in [-0.3, -0.25) is 57.7 Å². The molecule has 1 rings (SSSR count). The summed E-state index contributed by atoms with van der Waals surface area (Å²) in [6, 6.07) is -8.83. The van der Waals surface area contributed by atoms with E-state index in [0.717, 1.165) is 0 Å². The Balaban J connectivity index is 3.05. The molecule has 1 aromatic rings. The average molecular weight is 997 g/mol. The van der Waals surface area contributed by atoms with Gasteiger partial charge in [0, 0.05) is 31.3 Å². The van der Waals surface area contributed by atoms with E-state index in [1.54, 1.807) is 0 Å². The second-order valence-corrected chi connectivity index (χ2v) is 15.2. The van der Waals surface area contributed by atoms with Gasteiger partial charge >= 0.3 is 5.97 Å². The monoisotopic (exact) mass is 996 g/mol. The third-order valence-electron chi connectivity index (χ3n) is 9.45. The second-order valence-electron chi connectivity index (χ2n) is 15.2. The third kappa shape index (κ3) is 25.2. The number of carbonyl (C=O) groups is 12. The molecule has 0 fully saturated rings. The standard InChI is InChI=1S/C38H64N18O14/c39-8-2-1-4-21(51-28(60)12-40)34(66)55-23(10-19-13-45-18-50-19)35(67)54-20(5-3-9-46-38(43)44)32(64)49-16-31(63)52-22(6-7-26(41)58)33(65)48-14-29(61)47-15-30(62)53-25(17-57)36(68)56-24(37(69)70)11-27(42)59/h13,18,20-25,57H,1-12,14-17,39-40H2,(H2,41,58)(H2,42,59)(H,45,50)(H,47,61)(H,48,65)(H,49,64)(H,51,60)(H,52,63)(H,53,62)(H,54,67)(H,55,66)(H,56,68)(H,69,70)(H4,43,44,46)/t20-,21-,22-,23-,24-,25-/m0/s1. The molecule has 0 aliphatic heterocycles. The Hall–Kier alpha value is -8.00. The maximum Gasteiger partial charge on any atom is 0.326 e. The van der Waals surface area contributed by atoms with Gasteiger partial charge in [0.05, 0.1) is 45.5 Å². The van der Waals surface area contributed by atoms with Crippen LogP contribution < -0.4 is 82.3 Å². The van der Waals surface area contributed by atoms with E-state index in [-0.39, 0.29) is 44.6 Å². The Morgan fingerprint density at radius 3 is 1.64 bits per heavy atom. The summed E-state index contributed by atoms with van der Waals surface area (Å²) >= 11 is 0. The Morgan fingerprint density at radius 2 is 1.10 bits per heavy atom. The maximum absolute atomic E-state index is 13.9. The average Bonchev–Trinajstić information content (AvgIpc) is 3.82. The number of carboxylic acids is 1. The summed E-state index contributed by atoms with van der Waals surface area (Å²) in [6.07, 6.45) is 2.13. The molecule has 32 heteroatoms. The topological polar surface area (TPSA) is 551 Å². The third-order valence-corrected chi connectivity index (χ3v) is 9.45. The number of H-pyrrole nitrogens is 1. The minimum atomic E-state index is -1.77. The summed E-state index contributed by atoms with van der Waals surface area (Å²) < 4.78 is 0. The zero-order valence-electron chi connectivity index (χ0n) is 38.1. The van der Waals surface area contributed by atoms with Crippen LogP contribution in [0, 0.1) is 0 Å². The highest BCUT2D eigenvalue weighted by atomic mass is 16.4. The van der Waals surface area contributed by atoms with E-state index in [1.807, 2.05) is 10.6 Å². The van der Waals surface area contributed by atoms with Gasteiger partial charge in [-0.15, -0.1) is 0 Å². The molecule has 6 atom stereocenters. The fraction of sp³-hybridized carbons (Fsp3) is 0.579. The summed E-state index contributed by atoms with van der Waals surface area (Å²) in [5, 5.41) is 39.2. The maximum atomic E-state index is 13.9. The SMILES string of the molecule is NCCCC[C@H](NC(=O)CN)C(=O)N[C@@H](Cc1cnc[nH]1)C(=O)N[C@@H](CCCN=C(N)N)C(=O)NCC(=O)N[C@@H](CCC(N)=O)C(=O)NCC(=O)NCC(=O)N[C@@H](CO)C(=O)N[C@@H](CC(N)=O)C(=O)O. The fourth-order valence-corrected chi connectivity index (χ4v) is 5.89. The number of aliphatic imine (C=N–C) groups is 1. The van der Waals surface area contributed by atoms with Crippen molar-refractivity contribution in [3.63, 3.8) is 0 Å². The number of aliphatic hydroxyl groups is 1. The Labute approximate surface area is 399 Å². The lowest BCUT2D eigenvalue weighted by Gasteiger charge is -2.25. The number of primary amides is 2. The van der Waals surface area contributed by atoms with Crippen molar-refractivity contribution in [2.24, 2.45) is 39.4 Å². The Morgan fingerprint density at radius 1 is 0.586 bits per heavy atom. The number of aromatic amines is 1. The number of amides is 11. The molecule has 70 heavy (non-hydrogen) atoms. The summed E-state index contributed by atoms with van der Waals surface area (Å²) in [6.45, 7) is -3.51. The molecule has 11 amide bonds. The number of guanidine groups is 1. The Kier molecular flexibility index (Phi) is 28.0. The minimum absolute atomic E-state index is 0.0181. The molecule has 0 aliphatic carbocycles. The largest absolute Gasteiger partial charge is 0.480 e. The van der Waals surface area contributed by atoms with E-state index in [9.17, 15) is 62.6 Å². The number of aliphatic hydroxyl groups excluding tert-OH is 1. The molecule has 1 aromatic heterocycles. The number of nitrogens with two attached hydrogens (primary N) is 6. The van der Waals surface area contributed by atoms with Gasteiger partial charge in [-0.05, 0) is 45.1 Å². The van der Waals surface area contributed by atoms with Gasteiger partial charge < -0.3 is 97.5 Å². The first-order valence-electron chi connectivity index (χ1n) is 21.5. The number of rotatable bonds is 35. The predicted octanol–water partition coefficient (Wildman–Crippen LogP) is -10.4. The normalized spacial score (nSPS) is 13.2. The number of aliphatic carboxylic acids is 1. The van der Waals surface area contributed by atoms with Crippen LogP contribution in [0.2, 0.25) is 0 Å². The lowest BCUT2D eigenvalue weighted by atomic mass is 10.1. The highest BCUT2D eigenvalue weighted by molar-refractivity contribution is 5.97. The zero-order chi connectivity index (χ0) is 52.8. The van der Waals surface area contributed by atoms with Crippen molar-refractivity contribution in [3.05, 3.63) is 18.2 Å². The van der Waals surface area contributed by atoms with Crippen molar-refractivity contribution < 1.29 is 67.7 Å². The van der Waals surface area contributed by atoms with Crippen LogP contribution in [0.1, 0.15) is 57.1 Å². The molecular weight excluding hydrogens is 933 g/mol. The van der Waals surface area contributed by atoms with E-state index in [4.69, 9.17) is 39.5 Å². The summed E-state index contributed by atoms with van der Waals surface area (Å²) in [5.41, 5.74) is 32.4. The van der Waals surface area contributed by atoms with Crippen molar-refractivity contribution in [3.8, 4) is 0 Å². The quantitative estimate of drug-likeness (QED) is 0.0171. The van der Waals surface area contributed by atoms with Crippen molar-refractivity contribution in [1.29, 1.82) is 0 Å². The van der Waals surface area contributed by atoms with Crippen molar-refractivity contribution >= 4 is 76.9 Å². The molecule has 0 bridgehead atoms. The molecular formula is C38H64N18O14. The fourth-order valence-electron chi connectivity index (χ4n) is 5.89. The molecule has 0 radical (unpaired) electrons. The molecule has 1 heterocycles. The summed E-state index contributed by atoms with van der Waals surface area (Å²) in [7, 11) is 0.